The van der Waals surface area contributed by atoms with Crippen LogP contribution >= 0.6 is 0 Å². The van der Waals surface area contributed by atoms with E-state index in [0.717, 1.165) is 57.8 Å². The number of aliphatic carboxylic acids is 1. The fourth-order valence-electron chi connectivity index (χ4n) is 9.61. The first-order valence-electron chi connectivity index (χ1n) is 25.2. The van der Waals surface area contributed by atoms with Gasteiger partial charge >= 0.3 is 5.97 Å². The Morgan fingerprint density at radius 2 is 0.831 bits per heavy atom. The van der Waals surface area contributed by atoms with E-state index in [1.54, 1.807) is 0 Å². The summed E-state index contributed by atoms with van der Waals surface area (Å²) in [5, 5.41) is 149. The van der Waals surface area contributed by atoms with Crippen molar-refractivity contribution in [3.8, 4) is 0 Å². The lowest BCUT2D eigenvalue weighted by Gasteiger charge is -2.50. The Morgan fingerprint density at radius 1 is 0.423 bits per heavy atom. The summed E-state index contributed by atoms with van der Waals surface area (Å²) < 4.78 is 59.8. The molecule has 26 atom stereocenters. The van der Waals surface area contributed by atoms with E-state index in [2.05, 4.69) is 6.92 Å². The zero-order valence-electron chi connectivity index (χ0n) is 40.9. The van der Waals surface area contributed by atoms with Crippen LogP contribution in [0.5, 0.6) is 0 Å². The average molecular weight is 1040 g/mol. The van der Waals surface area contributed by atoms with Crippen molar-refractivity contribution in [3.05, 3.63) is 0 Å². The van der Waals surface area contributed by atoms with Crippen molar-refractivity contribution in [2.45, 2.75) is 271 Å². The number of rotatable bonds is 26. The van der Waals surface area contributed by atoms with Gasteiger partial charge in [0.2, 0.25) is 0 Å². The maximum Gasteiger partial charge on any atom is 0.303 e. The molecule has 0 aromatic carbocycles. The Kier molecular flexibility index (Phi) is 24.3. The molecule has 0 bridgehead atoms. The van der Waals surface area contributed by atoms with Crippen LogP contribution in [0.15, 0.2) is 0 Å². The van der Waals surface area contributed by atoms with E-state index in [0.29, 0.717) is 19.3 Å². The highest BCUT2D eigenvalue weighted by Crippen LogP contribution is 2.37. The van der Waals surface area contributed by atoms with Crippen molar-refractivity contribution in [2.24, 2.45) is 0 Å². The number of carbonyl (C=O) groups is 1. The van der Waals surface area contributed by atoms with Crippen LogP contribution in [0.2, 0.25) is 0 Å². The summed E-state index contributed by atoms with van der Waals surface area (Å²) in [6, 6.07) is 0. The molecule has 0 aromatic rings. The number of unbranched alkanes of at least 4 members (excludes halogenated alkanes) is 8. The van der Waals surface area contributed by atoms with Gasteiger partial charge in [0, 0.05) is 6.42 Å². The van der Waals surface area contributed by atoms with Gasteiger partial charge in [-0.15, -0.1) is 0 Å². The second-order valence-corrected chi connectivity index (χ2v) is 19.5. The minimum Gasteiger partial charge on any atom is -0.481 e. The van der Waals surface area contributed by atoms with Gasteiger partial charge < -0.3 is 119 Å². The molecule has 0 saturated carbocycles. The summed E-state index contributed by atoms with van der Waals surface area (Å²) in [5.74, 6) is -0.807. The molecule has 25 heteroatoms. The molecule has 0 spiro atoms. The van der Waals surface area contributed by atoms with E-state index in [1.807, 2.05) is 0 Å². The quantitative estimate of drug-likeness (QED) is 0.0378. The minimum absolute atomic E-state index is 0.150. The fraction of sp³-hybridized carbons (Fsp3) is 0.978. The minimum atomic E-state index is -1.98. The first-order valence-corrected chi connectivity index (χ1v) is 25.2. The molecule has 14 N–H and O–H groups in total. The molecule has 416 valence electrons. The van der Waals surface area contributed by atoms with E-state index in [1.165, 1.54) is 20.8 Å². The molecule has 0 aliphatic carbocycles. The second kappa shape index (κ2) is 28.6. The third-order valence-corrected chi connectivity index (χ3v) is 14.0. The van der Waals surface area contributed by atoms with E-state index < -0.39 is 179 Å². The number of ether oxygens (including phenoxy) is 10. The standard InChI is InChI=1S/C46H82O25/c1-5-6-12-15-23(16-13-10-8-7-9-11-14-17-26(49)50)65-46-41(32(56)29(53)25(19-48)67-46)71-43-36(60)33(57)38(21(3)63-43)68-45-37(61)40(70-44-35(59)31(55)28(52)24(18-47)66-44)39(22(4)64-45)69-42-34(58)30(54)27(51)20(2)62-42/h20-25,27-48,51-61H,5-19H2,1-4H3,(H,49,50)/t20-,21-,22-,23-,24+,25+,27-,28-,29-,30-,31+,32-,33+,34+,35-,36+,37+,38+,39-,40-,41-,42+,43-,44+,45+,46-/m0/s1. The number of hydrogen-bond acceptors (Lipinski definition) is 24. The molecule has 0 unspecified atom stereocenters. The molecule has 5 saturated heterocycles. The van der Waals surface area contributed by atoms with Gasteiger partial charge in [0.25, 0.3) is 0 Å². The molecular weight excluding hydrogens is 952 g/mol. The maximum atomic E-state index is 11.9. The van der Waals surface area contributed by atoms with Gasteiger partial charge in [-0.05, 0) is 40.0 Å². The Balaban J connectivity index is 1.28. The molecule has 25 nitrogen and oxygen atoms in total. The largest absolute Gasteiger partial charge is 0.481 e. The third-order valence-electron chi connectivity index (χ3n) is 14.0. The molecule has 0 radical (unpaired) electrons. The number of aliphatic hydroxyl groups excluding tert-OH is 13. The lowest BCUT2D eigenvalue weighted by atomic mass is 9.95. The van der Waals surface area contributed by atoms with Crippen LogP contribution in [0.3, 0.4) is 0 Å². The van der Waals surface area contributed by atoms with Gasteiger partial charge in [-0.25, -0.2) is 0 Å². The molecule has 5 rings (SSSR count). The number of carboxylic acids is 1. The van der Waals surface area contributed by atoms with Gasteiger partial charge in [0.05, 0.1) is 37.6 Å². The Labute approximate surface area is 413 Å². The summed E-state index contributed by atoms with van der Waals surface area (Å²) in [5.41, 5.74) is 0. The van der Waals surface area contributed by atoms with Gasteiger partial charge in [0.1, 0.15) is 104 Å². The SMILES string of the molecule is CCCCC[C@@H](CCCCCCCCCC(=O)O)O[C@H]1O[C@H](CO)[C@H](O)[C@H](O)[C@@H]1O[C@@H]1O[C@@H](C)[C@@H](O[C@H]2O[C@@H](C)[C@H](O[C@H]3O[C@@H](C)[C@H](O)[C@H](O)[C@H]3O)[C@@H](O[C@H]3O[C@H](CO)[C@H](O)[C@@H](O)[C@@H]3O)[C@H]2O)[C@H](O)[C@H]1O. The van der Waals surface area contributed by atoms with Crippen LogP contribution in [0.4, 0.5) is 0 Å². The first kappa shape index (κ1) is 60.4. The van der Waals surface area contributed by atoms with Crippen molar-refractivity contribution in [1.82, 2.24) is 0 Å². The fourth-order valence-corrected chi connectivity index (χ4v) is 9.61. The summed E-state index contributed by atoms with van der Waals surface area (Å²) >= 11 is 0. The van der Waals surface area contributed by atoms with Gasteiger partial charge in [0.15, 0.2) is 31.5 Å². The number of hydrogen-bond donors (Lipinski definition) is 14. The van der Waals surface area contributed by atoms with Gasteiger partial charge in [-0.1, -0.05) is 64.7 Å². The maximum absolute atomic E-state index is 11.9. The molecule has 0 aromatic heterocycles. The van der Waals surface area contributed by atoms with Crippen LogP contribution in [0.1, 0.15) is 111 Å². The second-order valence-electron chi connectivity index (χ2n) is 19.5. The lowest BCUT2D eigenvalue weighted by Crippen LogP contribution is -2.67. The molecule has 5 aliphatic heterocycles. The zero-order valence-corrected chi connectivity index (χ0v) is 40.9. The van der Waals surface area contributed by atoms with Crippen LogP contribution < -0.4 is 0 Å². The van der Waals surface area contributed by atoms with Crippen molar-refractivity contribution in [3.63, 3.8) is 0 Å². The summed E-state index contributed by atoms with van der Waals surface area (Å²) in [6.07, 6.45) is -31.0. The topological polar surface area (TPSA) is 393 Å². The van der Waals surface area contributed by atoms with Crippen molar-refractivity contribution < 1.29 is 124 Å². The molecule has 71 heavy (non-hydrogen) atoms. The predicted octanol–water partition coefficient (Wildman–Crippen LogP) is -3.27. The van der Waals surface area contributed by atoms with E-state index >= 15 is 0 Å². The van der Waals surface area contributed by atoms with Crippen LogP contribution in [-0.4, -0.2) is 250 Å². The first-order chi connectivity index (χ1) is 33.7. The highest BCUT2D eigenvalue weighted by atomic mass is 16.8. The lowest BCUT2D eigenvalue weighted by molar-refractivity contribution is -0.400. The smallest absolute Gasteiger partial charge is 0.303 e. The van der Waals surface area contributed by atoms with Crippen LogP contribution in [-0.2, 0) is 52.2 Å². The molecule has 5 aliphatic rings. The molecular formula is C46H82O25. The van der Waals surface area contributed by atoms with Crippen LogP contribution in [0, 0.1) is 0 Å². The Morgan fingerprint density at radius 3 is 1.41 bits per heavy atom. The van der Waals surface area contributed by atoms with Crippen molar-refractivity contribution in [1.29, 1.82) is 0 Å². The van der Waals surface area contributed by atoms with E-state index in [9.17, 15) is 71.2 Å². The normalized spacial score (nSPS) is 44.9. The Bertz CT molecular complexity index is 1540. The molecule has 5 heterocycles. The summed E-state index contributed by atoms with van der Waals surface area (Å²) in [7, 11) is 0. The monoisotopic (exact) mass is 1030 g/mol. The van der Waals surface area contributed by atoms with Gasteiger partial charge in [-0.2, -0.15) is 0 Å². The summed E-state index contributed by atoms with van der Waals surface area (Å²) in [6.45, 7) is 4.83. The van der Waals surface area contributed by atoms with Gasteiger partial charge in [-0.3, -0.25) is 4.79 Å². The highest BCUT2D eigenvalue weighted by molar-refractivity contribution is 5.66. The van der Waals surface area contributed by atoms with E-state index in [-0.39, 0.29) is 6.42 Å². The predicted molar refractivity (Wildman–Crippen MR) is 238 cm³/mol. The van der Waals surface area contributed by atoms with Crippen molar-refractivity contribution in [2.75, 3.05) is 13.2 Å². The average Bonchev–Trinajstić information content (AvgIpc) is 3.34. The molecule has 5 fully saturated rings. The van der Waals surface area contributed by atoms with Crippen LogP contribution in [0.25, 0.3) is 0 Å². The highest BCUT2D eigenvalue weighted by Gasteiger charge is 2.56. The molecule has 0 amide bonds. The third kappa shape index (κ3) is 15.6. The Hall–Kier alpha value is -1.45. The number of aliphatic hydroxyl groups is 13. The number of carboxylic acid groups (broad SMARTS) is 1. The van der Waals surface area contributed by atoms with E-state index in [4.69, 9.17) is 52.5 Å². The summed E-state index contributed by atoms with van der Waals surface area (Å²) in [4.78, 5) is 10.8. The zero-order chi connectivity index (χ0) is 52.3. The van der Waals surface area contributed by atoms with Crippen molar-refractivity contribution >= 4 is 5.97 Å².